The molecule has 3 rings (SSSR count). The number of aromatic nitrogens is 1. The number of ether oxygens (including phenoxy) is 1. The predicted octanol–water partition coefficient (Wildman–Crippen LogP) is 2.10. The van der Waals surface area contributed by atoms with Crippen molar-refractivity contribution in [3.8, 4) is 11.1 Å². The number of rotatable bonds is 5. The van der Waals surface area contributed by atoms with E-state index in [1.165, 1.54) is 30.3 Å². The maximum Gasteiger partial charge on any atom is 0.176 e. The molecule has 7 nitrogen and oxygen atoms in total. The van der Waals surface area contributed by atoms with Gasteiger partial charge >= 0.3 is 0 Å². The molecule has 2 heterocycles. The summed E-state index contributed by atoms with van der Waals surface area (Å²) in [4.78, 5) is 17.8. The number of benzene rings is 1. The summed E-state index contributed by atoms with van der Waals surface area (Å²) in [7, 11) is 0. The van der Waals surface area contributed by atoms with Crippen molar-refractivity contribution in [1.82, 2.24) is 4.98 Å². The van der Waals surface area contributed by atoms with Gasteiger partial charge in [0.1, 0.15) is 5.82 Å². The van der Waals surface area contributed by atoms with Gasteiger partial charge in [-0.1, -0.05) is 0 Å². The van der Waals surface area contributed by atoms with Gasteiger partial charge in [0, 0.05) is 43.7 Å². The molecule has 4 N–H and O–H groups in total. The zero-order chi connectivity index (χ0) is 20.3. The molecule has 0 saturated carbocycles. The SMILES string of the molecule is CC(=O)/C(N)=C/N(N)c1cc(-c2cc(F)cc(N3CCOCC3)c2)cnc1C. The Morgan fingerprint density at radius 2 is 1.96 bits per heavy atom. The lowest BCUT2D eigenvalue weighted by atomic mass is 10.0. The monoisotopic (exact) mass is 385 g/mol. The van der Waals surface area contributed by atoms with Crippen LogP contribution in [0.2, 0.25) is 0 Å². The number of nitrogens with zero attached hydrogens (tertiary/aromatic N) is 3. The maximum atomic E-state index is 14.3. The second kappa shape index (κ2) is 8.37. The van der Waals surface area contributed by atoms with Crippen LogP contribution in [0.4, 0.5) is 15.8 Å². The van der Waals surface area contributed by atoms with Gasteiger partial charge in [0.05, 0.1) is 30.3 Å². The number of morpholine rings is 1. The van der Waals surface area contributed by atoms with Crippen LogP contribution in [-0.4, -0.2) is 37.1 Å². The molecule has 1 saturated heterocycles. The molecule has 0 bridgehead atoms. The largest absolute Gasteiger partial charge is 0.395 e. The van der Waals surface area contributed by atoms with Gasteiger partial charge in [-0.25, -0.2) is 10.2 Å². The molecule has 148 valence electrons. The van der Waals surface area contributed by atoms with Crippen molar-refractivity contribution in [3.63, 3.8) is 0 Å². The van der Waals surface area contributed by atoms with Crippen LogP contribution >= 0.6 is 0 Å². The smallest absolute Gasteiger partial charge is 0.176 e. The number of Topliss-reactive ketones (excluding diaryl/α,β-unsaturated/α-hetero) is 1. The lowest BCUT2D eigenvalue weighted by Crippen LogP contribution is -2.36. The maximum absolute atomic E-state index is 14.3. The Morgan fingerprint density at radius 1 is 1.25 bits per heavy atom. The van der Waals surface area contributed by atoms with E-state index in [1.54, 1.807) is 19.2 Å². The number of hydrogen-bond donors (Lipinski definition) is 2. The van der Waals surface area contributed by atoms with Gasteiger partial charge < -0.3 is 15.4 Å². The van der Waals surface area contributed by atoms with E-state index in [-0.39, 0.29) is 17.3 Å². The minimum atomic E-state index is -0.327. The molecule has 0 aliphatic carbocycles. The fourth-order valence-electron chi connectivity index (χ4n) is 3.00. The molecule has 1 aromatic heterocycles. The third-order valence-electron chi connectivity index (χ3n) is 4.62. The number of carbonyl (C=O) groups excluding carboxylic acids is 1. The van der Waals surface area contributed by atoms with E-state index in [2.05, 4.69) is 9.88 Å². The molecule has 1 aromatic carbocycles. The summed E-state index contributed by atoms with van der Waals surface area (Å²) in [5.74, 6) is 5.44. The quantitative estimate of drug-likeness (QED) is 0.462. The molecule has 1 aliphatic rings. The summed E-state index contributed by atoms with van der Waals surface area (Å²) in [5.41, 5.74) is 9.13. The minimum Gasteiger partial charge on any atom is -0.395 e. The number of halogens is 1. The molecule has 0 spiro atoms. The topological polar surface area (TPSA) is 97.7 Å². The Bertz CT molecular complexity index is 909. The fourth-order valence-corrected chi connectivity index (χ4v) is 3.00. The summed E-state index contributed by atoms with van der Waals surface area (Å²) >= 11 is 0. The first-order valence-electron chi connectivity index (χ1n) is 8.97. The second-order valence-corrected chi connectivity index (χ2v) is 6.67. The van der Waals surface area contributed by atoms with Crippen molar-refractivity contribution in [3.05, 3.63) is 53.9 Å². The minimum absolute atomic E-state index is 0.0349. The highest BCUT2D eigenvalue weighted by atomic mass is 19.1. The summed E-state index contributed by atoms with van der Waals surface area (Å²) < 4.78 is 19.7. The van der Waals surface area contributed by atoms with Gasteiger partial charge in [0.15, 0.2) is 5.78 Å². The van der Waals surface area contributed by atoms with Crippen molar-refractivity contribution < 1.29 is 13.9 Å². The summed E-state index contributed by atoms with van der Waals surface area (Å²) in [6, 6.07) is 6.69. The number of anilines is 2. The van der Waals surface area contributed by atoms with Gasteiger partial charge in [-0.3, -0.25) is 14.8 Å². The van der Waals surface area contributed by atoms with E-state index < -0.39 is 0 Å². The number of pyridine rings is 1. The van der Waals surface area contributed by atoms with Gasteiger partial charge in [-0.05, 0) is 36.8 Å². The lowest BCUT2D eigenvalue weighted by molar-refractivity contribution is -0.113. The van der Waals surface area contributed by atoms with Gasteiger partial charge in [-0.15, -0.1) is 0 Å². The number of nitrogens with two attached hydrogens (primary N) is 2. The van der Waals surface area contributed by atoms with Crippen LogP contribution in [0.1, 0.15) is 12.6 Å². The van der Waals surface area contributed by atoms with Crippen molar-refractivity contribution in [2.24, 2.45) is 11.6 Å². The Kier molecular flexibility index (Phi) is 5.91. The van der Waals surface area contributed by atoms with E-state index in [0.717, 1.165) is 5.69 Å². The van der Waals surface area contributed by atoms with Crippen LogP contribution < -0.4 is 21.5 Å². The zero-order valence-corrected chi connectivity index (χ0v) is 16.0. The molecule has 28 heavy (non-hydrogen) atoms. The Hall–Kier alpha value is -2.97. The number of carbonyl (C=O) groups is 1. The van der Waals surface area contributed by atoms with Crippen LogP contribution in [0, 0.1) is 12.7 Å². The van der Waals surface area contributed by atoms with Crippen LogP contribution in [-0.2, 0) is 9.53 Å². The average molecular weight is 385 g/mol. The lowest BCUT2D eigenvalue weighted by Gasteiger charge is -2.29. The van der Waals surface area contributed by atoms with Crippen molar-refractivity contribution >= 4 is 17.2 Å². The van der Waals surface area contributed by atoms with Crippen LogP contribution in [0.3, 0.4) is 0 Å². The van der Waals surface area contributed by atoms with E-state index in [0.29, 0.717) is 48.8 Å². The Balaban J connectivity index is 1.97. The first kappa shape index (κ1) is 19.8. The Morgan fingerprint density at radius 3 is 2.64 bits per heavy atom. The van der Waals surface area contributed by atoms with E-state index in [4.69, 9.17) is 16.3 Å². The molecular weight excluding hydrogens is 361 g/mol. The molecular formula is C20H24FN5O2. The molecule has 1 fully saturated rings. The molecule has 0 amide bonds. The summed E-state index contributed by atoms with van der Waals surface area (Å²) in [5, 5.41) is 1.25. The molecule has 0 atom stereocenters. The molecule has 8 heteroatoms. The standard InChI is InChI=1S/C20H24FN5O2/c1-13-20(26(23)12-19(22)14(2)27)9-16(11-24-13)15-7-17(21)10-18(8-15)25-3-5-28-6-4-25/h7-12H,3-6,22-23H2,1-2H3/b19-12-. The third-order valence-corrected chi connectivity index (χ3v) is 4.62. The number of ketones is 1. The van der Waals surface area contributed by atoms with Crippen LogP contribution in [0.5, 0.6) is 0 Å². The average Bonchev–Trinajstić information content (AvgIpc) is 2.68. The molecule has 2 aromatic rings. The number of aryl methyl sites for hydroxylation is 1. The highest BCUT2D eigenvalue weighted by molar-refractivity contribution is 5.92. The highest BCUT2D eigenvalue weighted by Gasteiger charge is 2.15. The van der Waals surface area contributed by atoms with Crippen LogP contribution in [0.15, 0.2) is 42.4 Å². The normalized spacial score (nSPS) is 14.9. The Labute approximate surface area is 163 Å². The first-order valence-corrected chi connectivity index (χ1v) is 8.97. The zero-order valence-electron chi connectivity index (χ0n) is 16.0. The van der Waals surface area contributed by atoms with Crippen molar-refractivity contribution in [2.75, 3.05) is 36.2 Å². The van der Waals surface area contributed by atoms with E-state index in [1.807, 2.05) is 6.07 Å². The van der Waals surface area contributed by atoms with Crippen LogP contribution in [0.25, 0.3) is 11.1 Å². The number of hydrazine groups is 1. The second-order valence-electron chi connectivity index (χ2n) is 6.67. The van der Waals surface area contributed by atoms with E-state index in [9.17, 15) is 9.18 Å². The van der Waals surface area contributed by atoms with Crippen molar-refractivity contribution in [2.45, 2.75) is 13.8 Å². The highest BCUT2D eigenvalue weighted by Crippen LogP contribution is 2.30. The summed E-state index contributed by atoms with van der Waals surface area (Å²) in [6.45, 7) is 5.82. The molecule has 0 radical (unpaired) electrons. The number of allylic oxidation sites excluding steroid dienone is 1. The van der Waals surface area contributed by atoms with E-state index >= 15 is 0 Å². The first-order chi connectivity index (χ1) is 13.3. The predicted molar refractivity (Wildman–Crippen MR) is 107 cm³/mol. The molecule has 0 unspecified atom stereocenters. The number of hydrogen-bond acceptors (Lipinski definition) is 7. The van der Waals surface area contributed by atoms with Crippen molar-refractivity contribution in [1.29, 1.82) is 0 Å². The van der Waals surface area contributed by atoms with Gasteiger partial charge in [0.2, 0.25) is 0 Å². The fraction of sp³-hybridized carbons (Fsp3) is 0.300. The third kappa shape index (κ3) is 4.47. The molecule has 1 aliphatic heterocycles. The van der Waals surface area contributed by atoms with Gasteiger partial charge in [0.25, 0.3) is 0 Å². The summed E-state index contributed by atoms with van der Waals surface area (Å²) in [6.07, 6.45) is 3.02. The van der Waals surface area contributed by atoms with Gasteiger partial charge in [-0.2, -0.15) is 0 Å².